The minimum Gasteiger partial charge on any atom is -0.385 e. The second-order valence-corrected chi connectivity index (χ2v) is 15.5. The van der Waals surface area contributed by atoms with E-state index in [9.17, 15) is 19.2 Å². The van der Waals surface area contributed by atoms with Gasteiger partial charge in [0.05, 0.1) is 23.1 Å². The lowest BCUT2D eigenvalue weighted by Crippen LogP contribution is -2.49. The first-order chi connectivity index (χ1) is 26.5. The van der Waals surface area contributed by atoms with Crippen LogP contribution in [0.1, 0.15) is 87.5 Å². The van der Waals surface area contributed by atoms with Gasteiger partial charge in [0, 0.05) is 72.9 Å². The summed E-state index contributed by atoms with van der Waals surface area (Å²) in [6, 6.07) is 9.46. The zero-order valence-electron chi connectivity index (χ0n) is 31.9. The van der Waals surface area contributed by atoms with Gasteiger partial charge in [-0.3, -0.25) is 29.1 Å². The molecule has 1 saturated carbocycles. The van der Waals surface area contributed by atoms with Gasteiger partial charge in [0.25, 0.3) is 11.5 Å². The number of rotatable bonds is 11. The Morgan fingerprint density at radius 1 is 0.927 bits per heavy atom. The highest BCUT2D eigenvalue weighted by atomic mass is 32.1. The molecule has 286 valence electrons. The number of thiazole rings is 1. The van der Waals surface area contributed by atoms with Crippen molar-refractivity contribution in [2.75, 3.05) is 53.6 Å². The fourth-order valence-corrected chi connectivity index (χ4v) is 8.23. The molecule has 0 bridgehead atoms. The molecule has 15 heteroatoms. The van der Waals surface area contributed by atoms with Gasteiger partial charge in [0.2, 0.25) is 11.9 Å². The van der Waals surface area contributed by atoms with E-state index >= 15 is 0 Å². The van der Waals surface area contributed by atoms with Gasteiger partial charge in [-0.1, -0.05) is 18.9 Å². The largest absolute Gasteiger partial charge is 0.385 e. The number of aryl methyl sites for hydroxylation is 4. The first kappa shape index (κ1) is 37.6. The number of nitrogens with zero attached hydrogens (tertiary/aromatic N) is 7. The summed E-state index contributed by atoms with van der Waals surface area (Å²) in [5.74, 6) is 0.490. The molecule has 1 saturated heterocycles. The Bertz CT molecular complexity index is 2300. The molecule has 1 aromatic carbocycles. The predicted molar refractivity (Wildman–Crippen MR) is 216 cm³/mol. The Morgan fingerprint density at radius 2 is 1.69 bits per heavy atom. The molecule has 2 amide bonds. The fourth-order valence-electron chi connectivity index (χ4n) is 7.42. The third kappa shape index (κ3) is 8.07. The molecule has 5 aromatic rings. The monoisotopic (exact) mass is 762 g/mol. The average Bonchev–Trinajstić information content (AvgIpc) is 3.81. The van der Waals surface area contributed by atoms with Crippen molar-refractivity contribution in [3.63, 3.8) is 0 Å². The second-order valence-electron chi connectivity index (χ2n) is 14.3. The molecule has 2 aliphatic rings. The first-order valence-corrected chi connectivity index (χ1v) is 19.6. The van der Waals surface area contributed by atoms with Gasteiger partial charge in [-0.25, -0.2) is 15.0 Å². The number of benzene rings is 1. The van der Waals surface area contributed by atoms with Crippen LogP contribution in [0.4, 0.5) is 28.3 Å². The lowest BCUT2D eigenvalue weighted by Gasteiger charge is -2.36. The van der Waals surface area contributed by atoms with Gasteiger partial charge < -0.3 is 20.4 Å². The number of ketones is 1. The van der Waals surface area contributed by atoms with Crippen LogP contribution in [-0.2, 0) is 4.79 Å². The number of Topliss-reactive ketones (excluding diaryl/α,β-unsaturated/α-hetero) is 1. The molecule has 1 aliphatic carbocycles. The molecule has 7 rings (SSSR count). The average molecular weight is 763 g/mol. The van der Waals surface area contributed by atoms with Gasteiger partial charge in [0.15, 0.2) is 10.9 Å². The molecule has 0 spiro atoms. The highest BCUT2D eigenvalue weighted by Crippen LogP contribution is 2.32. The van der Waals surface area contributed by atoms with E-state index in [1.54, 1.807) is 23.9 Å². The molecular weight excluding hydrogens is 717 g/mol. The summed E-state index contributed by atoms with van der Waals surface area (Å²) in [6.07, 6.45) is 7.61. The lowest BCUT2D eigenvalue weighted by atomic mass is 10.0. The van der Waals surface area contributed by atoms with Crippen LogP contribution >= 0.6 is 11.3 Å². The molecular formula is C40H46N10O4S. The number of carbonyl (C=O) groups excluding carboxylic acids is 3. The van der Waals surface area contributed by atoms with Crippen LogP contribution < -0.4 is 26.4 Å². The number of hydrogen-bond donors (Lipinski definition) is 3. The van der Waals surface area contributed by atoms with Gasteiger partial charge in [0.1, 0.15) is 11.5 Å². The number of pyridine rings is 2. The Labute approximate surface area is 323 Å². The van der Waals surface area contributed by atoms with E-state index < -0.39 is 0 Å². The van der Waals surface area contributed by atoms with Crippen molar-refractivity contribution in [1.82, 2.24) is 29.4 Å². The molecule has 2 fully saturated rings. The van der Waals surface area contributed by atoms with Crippen molar-refractivity contribution in [3.05, 3.63) is 85.9 Å². The minimum atomic E-state index is -0.285. The topological polar surface area (TPSA) is 167 Å². The number of carbonyl (C=O) groups is 3. The van der Waals surface area contributed by atoms with E-state index in [0.29, 0.717) is 78.2 Å². The minimum absolute atomic E-state index is 0.00123. The standard InChI is InChI=1S/C40H46N10O4S/c1-23-10-11-28(20-31(23)37(53)47-40-44-25(3)27(5)55-40)41-15-14-34(52)49-18-16-48(17-19-49)30-12-13-33(42-21-30)45-39-43-22-32-24(2)35(26(4)51)38(54)50(36(32)46-39)29-8-6-7-9-29/h10-13,20-22,29,41H,6-9,14-19H2,1-5H3,(H,44,47,53)(H,42,43,45,46). The summed E-state index contributed by atoms with van der Waals surface area (Å²) in [6.45, 7) is 12.0. The number of aromatic nitrogens is 5. The molecule has 3 N–H and O–H groups in total. The van der Waals surface area contributed by atoms with E-state index in [2.05, 4.69) is 35.8 Å². The van der Waals surface area contributed by atoms with Crippen LogP contribution in [0.15, 0.2) is 47.5 Å². The van der Waals surface area contributed by atoms with Crippen molar-refractivity contribution >= 4 is 68.2 Å². The molecule has 4 aromatic heterocycles. The SMILES string of the molecule is CC(=O)c1c(C)c2cnc(Nc3ccc(N4CCN(C(=O)CCNc5ccc(C)c(C(=O)Nc6nc(C)c(C)s6)c5)CC4)cn3)nc2n(C2CCCC2)c1=O. The van der Waals surface area contributed by atoms with Crippen molar-refractivity contribution in [3.8, 4) is 0 Å². The Balaban J connectivity index is 0.921. The molecule has 1 aliphatic heterocycles. The number of hydrogen-bond acceptors (Lipinski definition) is 12. The Hall–Kier alpha value is -5.70. The smallest absolute Gasteiger partial charge is 0.263 e. The number of anilines is 5. The van der Waals surface area contributed by atoms with Crippen LogP contribution in [0.5, 0.6) is 0 Å². The maximum Gasteiger partial charge on any atom is 0.263 e. The van der Waals surface area contributed by atoms with E-state index in [4.69, 9.17) is 4.98 Å². The third-order valence-corrected chi connectivity index (χ3v) is 11.6. The second kappa shape index (κ2) is 16.0. The van der Waals surface area contributed by atoms with Crippen LogP contribution in [-0.4, -0.2) is 79.7 Å². The zero-order chi connectivity index (χ0) is 38.8. The van der Waals surface area contributed by atoms with Gasteiger partial charge in [-0.05, 0) is 82.9 Å². The molecule has 0 radical (unpaired) electrons. The summed E-state index contributed by atoms with van der Waals surface area (Å²) >= 11 is 1.45. The number of fused-ring (bicyclic) bond motifs is 1. The van der Waals surface area contributed by atoms with Crippen LogP contribution in [0, 0.1) is 27.7 Å². The van der Waals surface area contributed by atoms with Crippen molar-refractivity contribution in [2.24, 2.45) is 0 Å². The maximum atomic E-state index is 13.5. The highest BCUT2D eigenvalue weighted by Gasteiger charge is 2.26. The predicted octanol–water partition coefficient (Wildman–Crippen LogP) is 6.34. The normalized spacial score (nSPS) is 14.7. The molecule has 14 nitrogen and oxygen atoms in total. The summed E-state index contributed by atoms with van der Waals surface area (Å²) in [4.78, 5) is 75.5. The molecule has 5 heterocycles. The van der Waals surface area contributed by atoms with E-state index in [1.807, 2.05) is 56.0 Å². The van der Waals surface area contributed by atoms with Gasteiger partial charge in [-0.2, -0.15) is 4.98 Å². The van der Waals surface area contributed by atoms with E-state index in [-0.39, 0.29) is 34.8 Å². The first-order valence-electron chi connectivity index (χ1n) is 18.7. The van der Waals surface area contributed by atoms with Gasteiger partial charge >= 0.3 is 0 Å². The fraction of sp³-hybridized carbons (Fsp3) is 0.400. The molecule has 0 atom stereocenters. The van der Waals surface area contributed by atoms with E-state index in [0.717, 1.165) is 53.2 Å². The van der Waals surface area contributed by atoms with Crippen LogP contribution in [0.25, 0.3) is 11.0 Å². The molecule has 55 heavy (non-hydrogen) atoms. The maximum absolute atomic E-state index is 13.5. The van der Waals surface area contributed by atoms with Crippen LogP contribution in [0.3, 0.4) is 0 Å². The van der Waals surface area contributed by atoms with Crippen molar-refractivity contribution < 1.29 is 14.4 Å². The number of piperazine rings is 1. The number of nitrogens with one attached hydrogen (secondary N) is 3. The Kier molecular flexibility index (Phi) is 10.9. The third-order valence-electron chi connectivity index (χ3n) is 10.6. The van der Waals surface area contributed by atoms with Crippen molar-refractivity contribution in [1.29, 1.82) is 0 Å². The summed E-state index contributed by atoms with van der Waals surface area (Å²) < 4.78 is 1.70. The summed E-state index contributed by atoms with van der Waals surface area (Å²) in [5.41, 5.74) is 5.09. The quantitative estimate of drug-likeness (QED) is 0.129. The molecule has 0 unspecified atom stereocenters. The van der Waals surface area contributed by atoms with Gasteiger partial charge in [-0.15, -0.1) is 11.3 Å². The van der Waals surface area contributed by atoms with Crippen molar-refractivity contribution in [2.45, 2.75) is 72.8 Å². The van der Waals surface area contributed by atoms with E-state index in [1.165, 1.54) is 18.3 Å². The highest BCUT2D eigenvalue weighted by molar-refractivity contribution is 7.15. The zero-order valence-corrected chi connectivity index (χ0v) is 32.7. The lowest BCUT2D eigenvalue weighted by molar-refractivity contribution is -0.131. The summed E-state index contributed by atoms with van der Waals surface area (Å²) in [7, 11) is 0. The van der Waals surface area contributed by atoms with Crippen LogP contribution in [0.2, 0.25) is 0 Å². The Morgan fingerprint density at radius 3 is 2.36 bits per heavy atom. The number of amides is 2. The summed E-state index contributed by atoms with van der Waals surface area (Å²) in [5, 5.41) is 10.7.